The topological polar surface area (TPSA) is 20.2 Å². The molecular weight excluding hydrogens is 300 g/mol. The van der Waals surface area contributed by atoms with Gasteiger partial charge in [0, 0.05) is 10.9 Å². The van der Waals surface area contributed by atoms with Gasteiger partial charge in [0.2, 0.25) is 0 Å². The summed E-state index contributed by atoms with van der Waals surface area (Å²) in [6.07, 6.45) is 5.27. The first kappa shape index (κ1) is 15.1. The molecule has 0 aromatic heterocycles. The number of benzene rings is 1. The van der Waals surface area contributed by atoms with Crippen LogP contribution < -0.4 is 0 Å². The Labute approximate surface area is 125 Å². The van der Waals surface area contributed by atoms with Crippen LogP contribution in [0.4, 0.5) is 0 Å². The number of hydrogen-bond acceptors (Lipinski definition) is 1. The maximum absolute atomic E-state index is 11.2. The third-order valence-electron chi connectivity index (χ3n) is 4.47. The second kappa shape index (κ2) is 5.57. The van der Waals surface area contributed by atoms with Crippen molar-refractivity contribution < 1.29 is 5.11 Å². The molecule has 1 aromatic rings. The van der Waals surface area contributed by atoms with E-state index in [4.69, 9.17) is 0 Å². The molecule has 106 valence electrons. The zero-order valence-corrected chi connectivity index (χ0v) is 13.8. The van der Waals surface area contributed by atoms with Crippen LogP contribution in [0.25, 0.3) is 0 Å². The lowest BCUT2D eigenvalue weighted by atomic mass is 9.62. The van der Waals surface area contributed by atoms with E-state index in [1.807, 2.05) is 0 Å². The largest absolute Gasteiger partial charge is 0.389 e. The highest BCUT2D eigenvalue weighted by molar-refractivity contribution is 9.10. The molecule has 0 radical (unpaired) electrons. The SMILES string of the molecule is CC(C)(C)C1CCCCC1(O)Cc1ccc(Br)cc1. The Kier molecular flexibility index (Phi) is 4.42. The molecule has 0 amide bonds. The molecule has 2 rings (SSSR count). The zero-order chi connectivity index (χ0) is 14.1. The molecule has 2 atom stereocenters. The van der Waals surface area contributed by atoms with E-state index >= 15 is 0 Å². The Morgan fingerprint density at radius 3 is 2.42 bits per heavy atom. The summed E-state index contributed by atoms with van der Waals surface area (Å²) in [5.41, 5.74) is 0.872. The second-order valence-electron chi connectivity index (χ2n) is 7.07. The average molecular weight is 325 g/mol. The molecule has 0 aliphatic heterocycles. The first-order valence-corrected chi connectivity index (χ1v) is 8.07. The van der Waals surface area contributed by atoms with Crippen molar-refractivity contribution in [3.63, 3.8) is 0 Å². The Bertz CT molecular complexity index is 418. The molecule has 0 bridgehead atoms. The van der Waals surface area contributed by atoms with Crippen molar-refractivity contribution in [2.75, 3.05) is 0 Å². The van der Waals surface area contributed by atoms with Gasteiger partial charge in [-0.05, 0) is 41.9 Å². The minimum absolute atomic E-state index is 0.171. The van der Waals surface area contributed by atoms with Crippen LogP contribution in [0.15, 0.2) is 28.7 Å². The summed E-state index contributed by atoms with van der Waals surface area (Å²) < 4.78 is 1.10. The van der Waals surface area contributed by atoms with Gasteiger partial charge in [-0.25, -0.2) is 0 Å². The third kappa shape index (κ3) is 3.61. The Morgan fingerprint density at radius 1 is 1.21 bits per heavy atom. The van der Waals surface area contributed by atoms with Gasteiger partial charge in [-0.1, -0.05) is 61.7 Å². The Morgan fingerprint density at radius 2 is 1.84 bits per heavy atom. The molecule has 1 aliphatic rings. The lowest BCUT2D eigenvalue weighted by Gasteiger charge is -2.47. The van der Waals surface area contributed by atoms with Crippen LogP contribution in [-0.2, 0) is 6.42 Å². The summed E-state index contributed by atoms with van der Waals surface area (Å²) in [7, 11) is 0. The van der Waals surface area contributed by atoms with Crippen molar-refractivity contribution in [2.24, 2.45) is 11.3 Å². The van der Waals surface area contributed by atoms with Gasteiger partial charge in [-0.15, -0.1) is 0 Å². The quantitative estimate of drug-likeness (QED) is 0.815. The number of hydrogen-bond donors (Lipinski definition) is 1. The van der Waals surface area contributed by atoms with Gasteiger partial charge < -0.3 is 5.11 Å². The lowest BCUT2D eigenvalue weighted by Crippen LogP contribution is -2.48. The van der Waals surface area contributed by atoms with E-state index in [1.165, 1.54) is 12.0 Å². The van der Waals surface area contributed by atoms with Gasteiger partial charge in [0.1, 0.15) is 0 Å². The van der Waals surface area contributed by atoms with Gasteiger partial charge >= 0.3 is 0 Å². The standard InChI is InChI=1S/C17H25BrO/c1-16(2,3)15-6-4-5-11-17(15,19)12-13-7-9-14(18)10-8-13/h7-10,15,19H,4-6,11-12H2,1-3H3. The highest BCUT2D eigenvalue weighted by Gasteiger charge is 2.44. The minimum atomic E-state index is -0.537. The smallest absolute Gasteiger partial charge is 0.0720 e. The van der Waals surface area contributed by atoms with Crippen LogP contribution in [0, 0.1) is 11.3 Å². The first-order chi connectivity index (χ1) is 8.81. The van der Waals surface area contributed by atoms with Crippen molar-refractivity contribution in [1.82, 2.24) is 0 Å². The maximum atomic E-state index is 11.2. The minimum Gasteiger partial charge on any atom is -0.389 e. The van der Waals surface area contributed by atoms with E-state index in [0.717, 1.165) is 30.2 Å². The molecule has 0 saturated heterocycles. The molecule has 2 unspecified atom stereocenters. The van der Waals surface area contributed by atoms with Crippen LogP contribution in [0.2, 0.25) is 0 Å². The summed E-state index contributed by atoms with van der Waals surface area (Å²) in [4.78, 5) is 0. The molecule has 0 spiro atoms. The van der Waals surface area contributed by atoms with Crippen molar-refractivity contribution in [3.05, 3.63) is 34.3 Å². The van der Waals surface area contributed by atoms with Crippen molar-refractivity contribution in [2.45, 2.75) is 58.5 Å². The van der Waals surface area contributed by atoms with Crippen LogP contribution in [-0.4, -0.2) is 10.7 Å². The summed E-state index contributed by atoms with van der Waals surface area (Å²) in [6, 6.07) is 8.37. The van der Waals surface area contributed by atoms with Crippen molar-refractivity contribution >= 4 is 15.9 Å². The summed E-state index contributed by atoms with van der Waals surface area (Å²) in [6.45, 7) is 6.78. The number of halogens is 1. The fourth-order valence-corrected chi connectivity index (χ4v) is 3.89. The van der Waals surface area contributed by atoms with Crippen LogP contribution in [0.5, 0.6) is 0 Å². The van der Waals surface area contributed by atoms with Gasteiger partial charge in [0.25, 0.3) is 0 Å². The fourth-order valence-electron chi connectivity index (χ4n) is 3.63. The Hall–Kier alpha value is -0.340. The van der Waals surface area contributed by atoms with Gasteiger partial charge in [0.15, 0.2) is 0 Å². The van der Waals surface area contributed by atoms with Gasteiger partial charge in [-0.2, -0.15) is 0 Å². The van der Waals surface area contributed by atoms with E-state index in [1.54, 1.807) is 0 Å². The van der Waals surface area contributed by atoms with Crippen molar-refractivity contribution in [1.29, 1.82) is 0 Å². The lowest BCUT2D eigenvalue weighted by molar-refractivity contribution is -0.0889. The second-order valence-corrected chi connectivity index (χ2v) is 7.99. The number of rotatable bonds is 2. The molecule has 1 nitrogen and oxygen atoms in total. The monoisotopic (exact) mass is 324 g/mol. The summed E-state index contributed by atoms with van der Waals surface area (Å²) >= 11 is 3.47. The highest BCUT2D eigenvalue weighted by Crippen LogP contribution is 2.45. The Balaban J connectivity index is 2.21. The first-order valence-electron chi connectivity index (χ1n) is 7.28. The molecule has 2 heteroatoms. The fraction of sp³-hybridized carbons (Fsp3) is 0.647. The molecule has 1 fully saturated rings. The summed E-state index contributed by atoms with van der Waals surface area (Å²) in [5.74, 6) is 0.386. The van der Waals surface area contributed by atoms with E-state index in [2.05, 4.69) is 61.0 Å². The molecular formula is C17H25BrO. The zero-order valence-electron chi connectivity index (χ0n) is 12.2. The van der Waals surface area contributed by atoms with Crippen LogP contribution in [0.1, 0.15) is 52.0 Å². The van der Waals surface area contributed by atoms with Crippen LogP contribution >= 0.6 is 15.9 Å². The molecule has 0 heterocycles. The van der Waals surface area contributed by atoms with Gasteiger partial charge in [0.05, 0.1) is 5.60 Å². The predicted molar refractivity (Wildman–Crippen MR) is 84.2 cm³/mol. The van der Waals surface area contributed by atoms with E-state index in [-0.39, 0.29) is 5.41 Å². The normalized spacial score (nSPS) is 28.4. The average Bonchev–Trinajstić information content (AvgIpc) is 2.31. The number of aliphatic hydroxyl groups is 1. The molecule has 1 saturated carbocycles. The van der Waals surface area contributed by atoms with E-state index in [9.17, 15) is 5.11 Å². The van der Waals surface area contributed by atoms with E-state index in [0.29, 0.717) is 5.92 Å². The van der Waals surface area contributed by atoms with Crippen LogP contribution in [0.3, 0.4) is 0 Å². The molecule has 1 aliphatic carbocycles. The maximum Gasteiger partial charge on any atom is 0.0720 e. The molecule has 19 heavy (non-hydrogen) atoms. The predicted octanol–water partition coefficient (Wildman–Crippen LogP) is 4.96. The van der Waals surface area contributed by atoms with Gasteiger partial charge in [-0.3, -0.25) is 0 Å². The summed E-state index contributed by atoms with van der Waals surface area (Å²) in [5, 5.41) is 11.2. The third-order valence-corrected chi connectivity index (χ3v) is 5.00. The molecule has 1 N–H and O–H groups in total. The van der Waals surface area contributed by atoms with Crippen molar-refractivity contribution in [3.8, 4) is 0 Å². The molecule has 1 aromatic carbocycles. The van der Waals surface area contributed by atoms with E-state index < -0.39 is 5.60 Å². The highest BCUT2D eigenvalue weighted by atomic mass is 79.9.